The SMILES string of the molecule is CC1=CC2=C[C](I)([Zr+2][C]3=CC=CC3)N(c3ccccc3)C2=C1.[Cl-].[Cl-]. The standard InChI is InChI=1S/C14H11IN.C5H5.2ClH.Zr/c1-10-7-11-9-14(15)16(13(11)8-10)12-5-3-2-4-6-12;1-2-4-5-3-1;;;/h2-9H,1H3;1-3H,4H2;2*1H;/q;;;;+2/p-2. The molecule has 0 aromatic heterocycles. The smallest absolute Gasteiger partial charge is 1.00 e. The molecule has 4 rings (SSSR count). The summed E-state index contributed by atoms with van der Waals surface area (Å²) >= 11 is 1.96. The second-order valence-corrected chi connectivity index (χ2v) is 14.0. The zero-order valence-electron chi connectivity index (χ0n) is 13.1. The summed E-state index contributed by atoms with van der Waals surface area (Å²) in [5.41, 5.74) is 5.45. The van der Waals surface area contributed by atoms with Gasteiger partial charge in [-0.05, 0) is 0 Å². The van der Waals surface area contributed by atoms with Crippen LogP contribution in [0, 0.1) is 0 Å². The summed E-state index contributed by atoms with van der Waals surface area (Å²) in [5.74, 6) is 0. The van der Waals surface area contributed by atoms with Gasteiger partial charge in [-0.25, -0.2) is 0 Å². The quantitative estimate of drug-likeness (QED) is 0.275. The Kier molecular flexibility index (Phi) is 6.81. The first-order chi connectivity index (χ1) is 10.7. The van der Waals surface area contributed by atoms with Crippen LogP contribution in [0.2, 0.25) is 0 Å². The van der Waals surface area contributed by atoms with Gasteiger partial charge in [0.15, 0.2) is 0 Å². The third-order valence-corrected chi connectivity index (χ3v) is 9.93. The molecule has 1 aromatic carbocycles. The molecule has 3 aliphatic rings. The zero-order chi connectivity index (χ0) is 15.2. The normalized spacial score (nSPS) is 23.3. The number of alkyl halides is 1. The Morgan fingerprint density at radius 3 is 2.54 bits per heavy atom. The van der Waals surface area contributed by atoms with Crippen LogP contribution in [-0.2, 0) is 23.2 Å². The van der Waals surface area contributed by atoms with Crippen molar-refractivity contribution in [1.82, 2.24) is 0 Å². The molecule has 0 fully saturated rings. The number of hydrogen-bond donors (Lipinski definition) is 0. The van der Waals surface area contributed by atoms with Gasteiger partial charge in [0.2, 0.25) is 0 Å². The van der Waals surface area contributed by atoms with Crippen LogP contribution in [0.3, 0.4) is 0 Å². The summed E-state index contributed by atoms with van der Waals surface area (Å²) in [6.07, 6.45) is 15.2. The van der Waals surface area contributed by atoms with Crippen molar-refractivity contribution in [2.24, 2.45) is 0 Å². The van der Waals surface area contributed by atoms with Crippen LogP contribution in [0.5, 0.6) is 0 Å². The van der Waals surface area contributed by atoms with Gasteiger partial charge >= 0.3 is 158 Å². The molecule has 2 aliphatic carbocycles. The monoisotopic (exact) mass is 545 g/mol. The largest absolute Gasteiger partial charge is 1.00 e. The Morgan fingerprint density at radius 1 is 1.12 bits per heavy atom. The molecule has 0 radical (unpaired) electrons. The van der Waals surface area contributed by atoms with Crippen LogP contribution in [0.25, 0.3) is 0 Å². The van der Waals surface area contributed by atoms with Crippen molar-refractivity contribution in [3.8, 4) is 0 Å². The van der Waals surface area contributed by atoms with Gasteiger partial charge in [0.05, 0.1) is 0 Å². The molecule has 1 aliphatic heterocycles. The molecule has 0 bridgehead atoms. The maximum Gasteiger partial charge on any atom is -1.00 e. The van der Waals surface area contributed by atoms with E-state index in [0.717, 1.165) is 6.42 Å². The van der Waals surface area contributed by atoms with E-state index >= 15 is 0 Å². The number of halogens is 3. The molecule has 0 amide bonds. The third kappa shape index (κ3) is 3.70. The Bertz CT molecular complexity index is 780. The summed E-state index contributed by atoms with van der Waals surface area (Å²) in [5, 5.41) is 0. The summed E-state index contributed by atoms with van der Waals surface area (Å²) < 4.78 is 1.83. The first-order valence-electron chi connectivity index (χ1n) is 7.47. The number of hydrogen-bond acceptors (Lipinski definition) is 1. The Morgan fingerprint density at radius 2 is 1.88 bits per heavy atom. The molecule has 24 heavy (non-hydrogen) atoms. The molecule has 1 heterocycles. The molecule has 0 saturated carbocycles. The van der Waals surface area contributed by atoms with Crippen molar-refractivity contribution in [3.05, 3.63) is 86.9 Å². The number of fused-ring (bicyclic) bond motifs is 1. The van der Waals surface area contributed by atoms with E-state index in [1.165, 1.54) is 22.5 Å². The van der Waals surface area contributed by atoms with Crippen molar-refractivity contribution >= 4 is 28.3 Å². The van der Waals surface area contributed by atoms with E-state index in [0.29, 0.717) is 0 Å². The first-order valence-corrected chi connectivity index (χ1v) is 11.0. The molecule has 1 unspecified atom stereocenters. The minimum atomic E-state index is -0.745. The number of rotatable bonds is 3. The molecule has 0 spiro atoms. The molecular weight excluding hydrogens is 531 g/mol. The number of anilines is 1. The average Bonchev–Trinajstić information content (AvgIpc) is 3.15. The van der Waals surface area contributed by atoms with Gasteiger partial charge in [0.25, 0.3) is 0 Å². The maximum atomic E-state index is 2.70. The van der Waals surface area contributed by atoms with Crippen LogP contribution in [0.4, 0.5) is 5.69 Å². The van der Waals surface area contributed by atoms with Crippen molar-refractivity contribution in [2.45, 2.75) is 14.6 Å². The average molecular weight is 547 g/mol. The molecule has 1 aromatic rings. The third-order valence-electron chi connectivity index (χ3n) is 4.08. The molecule has 5 heteroatoms. The fourth-order valence-corrected chi connectivity index (χ4v) is 9.64. The Hall–Kier alpha value is -0.0869. The zero-order valence-corrected chi connectivity index (χ0v) is 19.3. The maximum absolute atomic E-state index is 2.70. The number of nitrogens with zero attached hydrogens (tertiary/aromatic N) is 1. The van der Waals surface area contributed by atoms with Crippen molar-refractivity contribution < 1.29 is 48.0 Å². The van der Waals surface area contributed by atoms with Gasteiger partial charge in [-0.1, -0.05) is 0 Å². The Balaban J connectivity index is 0.00000104. The van der Waals surface area contributed by atoms with Crippen LogP contribution in [0.1, 0.15) is 13.3 Å². The minimum Gasteiger partial charge on any atom is -1.00 e. The summed E-state index contributed by atoms with van der Waals surface area (Å²) in [4.78, 5) is 2.57. The van der Waals surface area contributed by atoms with E-state index in [1.807, 2.05) is 0 Å². The van der Waals surface area contributed by atoms with Gasteiger partial charge < -0.3 is 24.8 Å². The second kappa shape index (κ2) is 8.07. The number of para-hydroxylation sites is 1. The van der Waals surface area contributed by atoms with E-state index in [2.05, 4.69) is 101 Å². The predicted molar refractivity (Wildman–Crippen MR) is 97.4 cm³/mol. The summed E-state index contributed by atoms with van der Waals surface area (Å²) in [6, 6.07) is 10.8. The molecular formula is C19H16Cl2INZr. The predicted octanol–water partition coefficient (Wildman–Crippen LogP) is -0.700. The van der Waals surface area contributed by atoms with Gasteiger partial charge in [-0.3, -0.25) is 0 Å². The van der Waals surface area contributed by atoms with E-state index in [-0.39, 0.29) is 26.1 Å². The molecule has 0 saturated heterocycles. The van der Waals surface area contributed by atoms with Crippen LogP contribution in [-0.4, -0.2) is 1.25 Å². The molecule has 1 atom stereocenters. The van der Waals surface area contributed by atoms with E-state index in [9.17, 15) is 0 Å². The van der Waals surface area contributed by atoms with Crippen LogP contribution in [0.15, 0.2) is 86.9 Å². The van der Waals surface area contributed by atoms with Gasteiger partial charge in [-0.2, -0.15) is 0 Å². The summed E-state index contributed by atoms with van der Waals surface area (Å²) in [6.45, 7) is 2.19. The first kappa shape index (κ1) is 20.2. The van der Waals surface area contributed by atoms with Gasteiger partial charge in [0, 0.05) is 0 Å². The fraction of sp³-hybridized carbons (Fsp3) is 0.158. The van der Waals surface area contributed by atoms with Crippen molar-refractivity contribution in [2.75, 3.05) is 4.90 Å². The summed E-state index contributed by atoms with van der Waals surface area (Å²) in [7, 11) is 0. The van der Waals surface area contributed by atoms with Gasteiger partial charge in [0.1, 0.15) is 0 Å². The van der Waals surface area contributed by atoms with E-state index in [1.54, 1.807) is 3.28 Å². The van der Waals surface area contributed by atoms with Crippen LogP contribution < -0.4 is 29.7 Å². The van der Waals surface area contributed by atoms with Crippen molar-refractivity contribution in [1.29, 1.82) is 0 Å². The Labute approximate surface area is 181 Å². The minimum absolute atomic E-state index is 0. The topological polar surface area (TPSA) is 3.24 Å². The second-order valence-electron chi connectivity index (χ2n) is 5.81. The van der Waals surface area contributed by atoms with Crippen LogP contribution >= 0.6 is 22.6 Å². The number of benzene rings is 1. The molecule has 1 nitrogen and oxygen atoms in total. The van der Waals surface area contributed by atoms with Gasteiger partial charge in [-0.15, -0.1) is 0 Å². The molecule has 122 valence electrons. The fourth-order valence-electron chi connectivity index (χ4n) is 3.18. The van der Waals surface area contributed by atoms with Crippen molar-refractivity contribution in [3.63, 3.8) is 0 Å². The van der Waals surface area contributed by atoms with E-state index < -0.39 is 23.2 Å². The number of allylic oxidation sites excluding steroid dienone is 7. The van der Waals surface area contributed by atoms with E-state index in [4.69, 9.17) is 0 Å². The molecule has 0 N–H and O–H groups in total.